The Labute approximate surface area is 135 Å². The largest absolute Gasteiger partial charge is 0.312 e. The minimum absolute atomic E-state index is 0.216. The summed E-state index contributed by atoms with van der Waals surface area (Å²) in [5.41, 5.74) is 2.03. The second-order valence-corrected chi connectivity index (χ2v) is 8.77. The third kappa shape index (κ3) is 2.92. The van der Waals surface area contributed by atoms with Gasteiger partial charge in [0, 0.05) is 4.88 Å². The smallest absolute Gasteiger partial charge is 0.258 e. The third-order valence-electron chi connectivity index (χ3n) is 2.63. The molecule has 0 radical (unpaired) electrons. The van der Waals surface area contributed by atoms with Crippen molar-refractivity contribution in [2.45, 2.75) is 13.8 Å². The van der Waals surface area contributed by atoms with Crippen LogP contribution in [0.15, 0.2) is 13.6 Å². The molecule has 7 heteroatoms. The van der Waals surface area contributed by atoms with Gasteiger partial charge in [-0.1, -0.05) is 0 Å². The molecule has 0 aliphatic carbocycles. The minimum atomic E-state index is -0.216. The summed E-state index contributed by atoms with van der Waals surface area (Å²) in [6.07, 6.45) is 0. The molecule has 2 heterocycles. The number of nitriles is 1. The molecule has 0 spiro atoms. The Morgan fingerprint density at radius 3 is 2.58 bits per heavy atom. The van der Waals surface area contributed by atoms with Crippen LogP contribution in [0.5, 0.6) is 0 Å². The summed E-state index contributed by atoms with van der Waals surface area (Å²) in [5, 5.41) is 12.6. The van der Waals surface area contributed by atoms with E-state index in [0.29, 0.717) is 16.1 Å². The molecule has 0 saturated heterocycles. The van der Waals surface area contributed by atoms with Gasteiger partial charge in [-0.3, -0.25) is 4.79 Å². The molecule has 1 N–H and O–H groups in total. The van der Waals surface area contributed by atoms with Gasteiger partial charge >= 0.3 is 0 Å². The number of hydrogen-bond donors (Lipinski definition) is 1. The fourth-order valence-electron chi connectivity index (χ4n) is 1.52. The molecular formula is C12H8Br2N2OS2. The van der Waals surface area contributed by atoms with Crippen molar-refractivity contribution >= 4 is 65.4 Å². The number of nitrogens with zero attached hydrogens (tertiary/aromatic N) is 1. The monoisotopic (exact) mass is 418 g/mol. The molecule has 0 fully saturated rings. The molecule has 0 bridgehead atoms. The predicted octanol–water partition coefficient (Wildman–Crippen LogP) is 5.08. The number of amides is 1. The number of hydrogen-bond acceptors (Lipinski definition) is 4. The maximum absolute atomic E-state index is 12.2. The first-order valence-electron chi connectivity index (χ1n) is 5.20. The van der Waals surface area contributed by atoms with Gasteiger partial charge in [0.25, 0.3) is 5.91 Å². The molecule has 0 aliphatic rings. The zero-order valence-corrected chi connectivity index (χ0v) is 14.8. The van der Waals surface area contributed by atoms with Gasteiger partial charge in [0.2, 0.25) is 0 Å². The summed E-state index contributed by atoms with van der Waals surface area (Å²) >= 11 is 9.55. The van der Waals surface area contributed by atoms with E-state index in [-0.39, 0.29) is 5.91 Å². The Balaban J connectivity index is 2.32. The highest BCUT2D eigenvalue weighted by molar-refractivity contribution is 9.12. The average Bonchev–Trinajstić information content (AvgIpc) is 2.80. The van der Waals surface area contributed by atoms with Crippen molar-refractivity contribution in [2.75, 3.05) is 5.32 Å². The lowest BCUT2D eigenvalue weighted by Crippen LogP contribution is -2.11. The Bertz CT molecular complexity index is 697. The van der Waals surface area contributed by atoms with Crippen molar-refractivity contribution in [3.63, 3.8) is 0 Å². The molecule has 0 aliphatic heterocycles. The van der Waals surface area contributed by atoms with Crippen molar-refractivity contribution in [2.24, 2.45) is 0 Å². The maximum atomic E-state index is 12.2. The van der Waals surface area contributed by atoms with Crippen molar-refractivity contribution < 1.29 is 4.79 Å². The molecule has 3 nitrogen and oxygen atoms in total. The molecule has 0 aromatic carbocycles. The quantitative estimate of drug-likeness (QED) is 0.738. The van der Waals surface area contributed by atoms with Crippen molar-refractivity contribution in [1.82, 2.24) is 0 Å². The van der Waals surface area contributed by atoms with Crippen LogP contribution in [0.25, 0.3) is 0 Å². The fourth-order valence-corrected chi connectivity index (χ4v) is 5.31. The van der Waals surface area contributed by atoms with E-state index in [9.17, 15) is 4.79 Å². The number of carbonyl (C=O) groups excluding carboxylic acids is 1. The lowest BCUT2D eigenvalue weighted by molar-refractivity contribution is 0.102. The van der Waals surface area contributed by atoms with Gasteiger partial charge in [0.1, 0.15) is 11.1 Å². The average molecular weight is 420 g/mol. The fraction of sp³-hybridized carbons (Fsp3) is 0.167. The van der Waals surface area contributed by atoms with E-state index in [4.69, 9.17) is 5.26 Å². The van der Waals surface area contributed by atoms with Gasteiger partial charge < -0.3 is 5.32 Å². The highest BCUT2D eigenvalue weighted by atomic mass is 79.9. The molecule has 0 unspecified atom stereocenters. The van der Waals surface area contributed by atoms with Gasteiger partial charge in [-0.2, -0.15) is 5.26 Å². The van der Waals surface area contributed by atoms with Gasteiger partial charge in [0.15, 0.2) is 0 Å². The second-order valence-electron chi connectivity index (χ2n) is 3.79. The van der Waals surface area contributed by atoms with Crippen LogP contribution in [0.1, 0.15) is 26.4 Å². The Morgan fingerprint density at radius 2 is 2.05 bits per heavy atom. The van der Waals surface area contributed by atoms with E-state index in [2.05, 4.69) is 43.2 Å². The normalized spacial score (nSPS) is 10.3. The topological polar surface area (TPSA) is 52.9 Å². The standard InChI is InChI=1S/C12H8Br2N2OS2/c1-5-6(2)18-12(8(5)4-15)16-11(17)7-3-9(13)19-10(7)14/h3H,1-2H3,(H,16,17). The zero-order valence-electron chi connectivity index (χ0n) is 10.0. The second kappa shape index (κ2) is 5.75. The molecule has 2 rings (SSSR count). The highest BCUT2D eigenvalue weighted by Crippen LogP contribution is 2.35. The van der Waals surface area contributed by atoms with E-state index in [1.807, 2.05) is 13.8 Å². The summed E-state index contributed by atoms with van der Waals surface area (Å²) in [5.74, 6) is -0.216. The minimum Gasteiger partial charge on any atom is -0.312 e. The number of carbonyl (C=O) groups is 1. The first kappa shape index (κ1) is 14.7. The lowest BCUT2D eigenvalue weighted by Gasteiger charge is -2.02. The number of halogens is 2. The van der Waals surface area contributed by atoms with Gasteiger partial charge in [0.05, 0.1) is 18.7 Å². The molecule has 2 aromatic heterocycles. The first-order valence-corrected chi connectivity index (χ1v) is 8.42. The predicted molar refractivity (Wildman–Crippen MR) is 86.2 cm³/mol. The van der Waals surface area contributed by atoms with Crippen molar-refractivity contribution in [3.8, 4) is 6.07 Å². The van der Waals surface area contributed by atoms with Gasteiger partial charge in [-0.15, -0.1) is 22.7 Å². The van der Waals surface area contributed by atoms with Crippen LogP contribution < -0.4 is 5.32 Å². The van der Waals surface area contributed by atoms with Crippen LogP contribution in [0, 0.1) is 25.2 Å². The van der Waals surface area contributed by atoms with E-state index in [0.717, 1.165) is 18.0 Å². The summed E-state index contributed by atoms with van der Waals surface area (Å²) in [7, 11) is 0. The van der Waals surface area contributed by atoms with Crippen molar-refractivity contribution in [1.29, 1.82) is 5.26 Å². The van der Waals surface area contributed by atoms with Gasteiger partial charge in [-0.05, 0) is 57.3 Å². The summed E-state index contributed by atoms with van der Waals surface area (Å²) in [6, 6.07) is 3.89. The van der Waals surface area contributed by atoms with Gasteiger partial charge in [-0.25, -0.2) is 0 Å². The molecular weight excluding hydrogens is 412 g/mol. The summed E-state index contributed by atoms with van der Waals surface area (Å²) < 4.78 is 1.64. The van der Waals surface area contributed by atoms with Crippen LogP contribution in [-0.4, -0.2) is 5.91 Å². The molecule has 1 amide bonds. The Hall–Kier alpha value is -0.680. The number of aryl methyl sites for hydroxylation is 1. The third-order valence-corrected chi connectivity index (χ3v) is 6.09. The van der Waals surface area contributed by atoms with E-state index >= 15 is 0 Å². The highest BCUT2D eigenvalue weighted by Gasteiger charge is 2.18. The first-order chi connectivity index (χ1) is 8.93. The zero-order chi connectivity index (χ0) is 14.2. The van der Waals surface area contributed by atoms with Crippen molar-refractivity contribution in [3.05, 3.63) is 35.2 Å². The lowest BCUT2D eigenvalue weighted by atomic mass is 10.2. The number of rotatable bonds is 2. The number of nitrogens with one attached hydrogen (secondary N) is 1. The molecule has 98 valence electrons. The van der Waals surface area contributed by atoms with Crippen LogP contribution >= 0.6 is 54.5 Å². The van der Waals surface area contributed by atoms with Crippen LogP contribution in [0.2, 0.25) is 0 Å². The van der Waals surface area contributed by atoms with E-state index < -0.39 is 0 Å². The van der Waals surface area contributed by atoms with Crippen LogP contribution in [-0.2, 0) is 0 Å². The van der Waals surface area contributed by atoms with Crippen LogP contribution in [0.4, 0.5) is 5.00 Å². The molecule has 19 heavy (non-hydrogen) atoms. The molecule has 2 aromatic rings. The maximum Gasteiger partial charge on any atom is 0.258 e. The number of thiophene rings is 2. The van der Waals surface area contributed by atoms with E-state index in [1.165, 1.54) is 22.7 Å². The van der Waals surface area contributed by atoms with E-state index in [1.54, 1.807) is 6.07 Å². The Morgan fingerprint density at radius 1 is 1.37 bits per heavy atom. The molecule has 0 saturated carbocycles. The SMILES string of the molecule is Cc1sc(NC(=O)c2cc(Br)sc2Br)c(C#N)c1C. The molecule has 0 atom stereocenters. The summed E-state index contributed by atoms with van der Waals surface area (Å²) in [6.45, 7) is 3.82. The van der Waals surface area contributed by atoms with Crippen LogP contribution in [0.3, 0.4) is 0 Å². The Kier molecular flexibility index (Phi) is 4.46. The summed E-state index contributed by atoms with van der Waals surface area (Å²) in [4.78, 5) is 13.2. The number of anilines is 1.